The standard InChI is InChI=1S/C21H18N2O6S/c1-22-30(26,27)15-10-17(23(2)11-15)21(25)28-12-14-9-19(24)29-18-8-7-13-5-3-4-6-16(13)20(14)18/h3-11,22H,12H2,1-2H3. The molecule has 0 fully saturated rings. The highest BCUT2D eigenvalue weighted by Gasteiger charge is 2.20. The van der Waals surface area contributed by atoms with Crippen molar-refractivity contribution in [2.24, 2.45) is 7.05 Å². The van der Waals surface area contributed by atoms with Gasteiger partial charge in [0.15, 0.2) is 0 Å². The van der Waals surface area contributed by atoms with Gasteiger partial charge < -0.3 is 13.7 Å². The maximum atomic E-state index is 12.6. The van der Waals surface area contributed by atoms with Crippen molar-refractivity contribution in [1.82, 2.24) is 9.29 Å². The van der Waals surface area contributed by atoms with Crippen LogP contribution in [0, 0.1) is 0 Å². The van der Waals surface area contributed by atoms with E-state index in [-0.39, 0.29) is 17.2 Å². The first-order valence-corrected chi connectivity index (χ1v) is 10.5. The van der Waals surface area contributed by atoms with Crippen molar-refractivity contribution in [1.29, 1.82) is 0 Å². The molecule has 0 aliphatic rings. The maximum absolute atomic E-state index is 12.6. The number of aromatic nitrogens is 1. The number of aryl methyl sites for hydroxylation is 1. The van der Waals surface area contributed by atoms with Crippen LogP contribution >= 0.6 is 0 Å². The second kappa shape index (κ2) is 7.43. The molecule has 0 aliphatic heterocycles. The fraction of sp³-hybridized carbons (Fsp3) is 0.143. The van der Waals surface area contributed by atoms with Gasteiger partial charge in [-0.15, -0.1) is 0 Å². The van der Waals surface area contributed by atoms with E-state index in [9.17, 15) is 18.0 Å². The Hall–Kier alpha value is -3.43. The minimum atomic E-state index is -3.69. The topological polar surface area (TPSA) is 108 Å². The third kappa shape index (κ3) is 3.49. The lowest BCUT2D eigenvalue weighted by Gasteiger charge is -2.10. The Morgan fingerprint density at radius 3 is 2.70 bits per heavy atom. The molecule has 0 saturated heterocycles. The fourth-order valence-corrected chi connectivity index (χ4v) is 4.15. The second-order valence-corrected chi connectivity index (χ2v) is 8.59. The number of sulfonamides is 1. The average molecular weight is 426 g/mol. The molecule has 4 rings (SSSR count). The molecule has 0 saturated carbocycles. The molecular formula is C21H18N2O6S. The zero-order chi connectivity index (χ0) is 21.5. The molecule has 1 N–H and O–H groups in total. The normalized spacial score (nSPS) is 11.8. The number of hydrogen-bond acceptors (Lipinski definition) is 6. The third-order valence-corrected chi connectivity index (χ3v) is 6.22. The van der Waals surface area contributed by atoms with E-state index < -0.39 is 21.6 Å². The fourth-order valence-electron chi connectivity index (χ4n) is 3.35. The van der Waals surface area contributed by atoms with E-state index in [1.165, 1.54) is 29.9 Å². The van der Waals surface area contributed by atoms with Crippen molar-refractivity contribution < 1.29 is 22.4 Å². The van der Waals surface area contributed by atoms with Crippen molar-refractivity contribution in [2.45, 2.75) is 11.5 Å². The van der Waals surface area contributed by atoms with E-state index in [0.717, 1.165) is 10.8 Å². The van der Waals surface area contributed by atoms with Crippen LogP contribution in [-0.2, 0) is 28.4 Å². The monoisotopic (exact) mass is 426 g/mol. The number of nitrogens with zero attached hydrogens (tertiary/aromatic N) is 1. The number of rotatable bonds is 5. The van der Waals surface area contributed by atoms with Crippen LogP contribution in [-0.4, -0.2) is 26.0 Å². The number of carbonyl (C=O) groups excluding carboxylic acids is 1. The molecule has 4 aromatic rings. The van der Waals surface area contributed by atoms with Gasteiger partial charge in [-0.3, -0.25) is 0 Å². The number of nitrogens with one attached hydrogen (secondary N) is 1. The summed E-state index contributed by atoms with van der Waals surface area (Å²) in [7, 11) is -0.856. The van der Waals surface area contributed by atoms with Gasteiger partial charge in [-0.2, -0.15) is 0 Å². The summed E-state index contributed by atoms with van der Waals surface area (Å²) in [5.74, 6) is -0.711. The highest BCUT2D eigenvalue weighted by molar-refractivity contribution is 7.89. The lowest BCUT2D eigenvalue weighted by molar-refractivity contribution is 0.0462. The Morgan fingerprint density at radius 2 is 1.93 bits per heavy atom. The van der Waals surface area contributed by atoms with Crippen LogP contribution in [0.1, 0.15) is 16.1 Å². The molecule has 8 nitrogen and oxygen atoms in total. The van der Waals surface area contributed by atoms with E-state index in [1.807, 2.05) is 30.3 Å². The van der Waals surface area contributed by atoms with Crippen LogP contribution in [0.4, 0.5) is 0 Å². The Labute approximate surface area is 171 Å². The van der Waals surface area contributed by atoms with Gasteiger partial charge in [0.25, 0.3) is 0 Å². The van der Waals surface area contributed by atoms with Gasteiger partial charge in [0, 0.05) is 30.3 Å². The summed E-state index contributed by atoms with van der Waals surface area (Å²) in [6.45, 7) is -0.172. The summed E-state index contributed by atoms with van der Waals surface area (Å²) in [5, 5.41) is 2.51. The van der Waals surface area contributed by atoms with Gasteiger partial charge in [-0.1, -0.05) is 30.3 Å². The number of fused-ring (bicyclic) bond motifs is 3. The first-order chi connectivity index (χ1) is 14.3. The van der Waals surface area contributed by atoms with Crippen molar-refractivity contribution in [2.75, 3.05) is 7.05 Å². The van der Waals surface area contributed by atoms with Gasteiger partial charge >= 0.3 is 11.6 Å². The largest absolute Gasteiger partial charge is 0.456 e. The van der Waals surface area contributed by atoms with Crippen LogP contribution in [0.5, 0.6) is 0 Å². The van der Waals surface area contributed by atoms with Crippen molar-refractivity contribution >= 4 is 37.7 Å². The minimum Gasteiger partial charge on any atom is -0.456 e. The van der Waals surface area contributed by atoms with Crippen LogP contribution in [0.25, 0.3) is 21.7 Å². The summed E-state index contributed by atoms with van der Waals surface area (Å²) in [6, 6.07) is 13.7. The molecule has 2 heterocycles. The predicted molar refractivity (Wildman–Crippen MR) is 111 cm³/mol. The Balaban J connectivity index is 1.70. The molecule has 0 amide bonds. The molecule has 30 heavy (non-hydrogen) atoms. The van der Waals surface area contributed by atoms with Gasteiger partial charge in [-0.25, -0.2) is 22.7 Å². The predicted octanol–water partition coefficient (Wildman–Crippen LogP) is 2.55. The SMILES string of the molecule is CNS(=O)(=O)c1cc(C(=O)OCc2cc(=O)oc3ccc4ccccc4c23)n(C)c1. The lowest BCUT2D eigenvalue weighted by atomic mass is 10.0. The molecule has 2 aromatic carbocycles. The van der Waals surface area contributed by atoms with Crippen LogP contribution in [0.2, 0.25) is 0 Å². The second-order valence-electron chi connectivity index (χ2n) is 6.71. The van der Waals surface area contributed by atoms with E-state index in [1.54, 1.807) is 13.1 Å². The number of benzene rings is 2. The minimum absolute atomic E-state index is 0.0451. The Kier molecular flexibility index (Phi) is 4.92. The van der Waals surface area contributed by atoms with Crippen LogP contribution in [0.3, 0.4) is 0 Å². The summed E-state index contributed by atoms with van der Waals surface area (Å²) in [4.78, 5) is 24.5. The lowest BCUT2D eigenvalue weighted by Crippen LogP contribution is -2.17. The molecule has 0 radical (unpaired) electrons. The first kappa shape index (κ1) is 19.9. The summed E-state index contributed by atoms with van der Waals surface area (Å²) in [6.07, 6.45) is 1.32. The van der Waals surface area contributed by atoms with Gasteiger partial charge in [-0.05, 0) is 30.0 Å². The molecule has 9 heteroatoms. The number of esters is 1. The van der Waals surface area contributed by atoms with Crippen molar-refractivity contribution in [3.8, 4) is 0 Å². The molecule has 2 aromatic heterocycles. The molecule has 0 unspecified atom stereocenters. The van der Waals surface area contributed by atoms with E-state index in [2.05, 4.69) is 4.72 Å². The summed E-state index contributed by atoms with van der Waals surface area (Å²) < 4.78 is 38.2. The molecule has 154 valence electrons. The number of hydrogen-bond donors (Lipinski definition) is 1. The third-order valence-electron chi connectivity index (χ3n) is 4.84. The molecule has 0 aliphatic carbocycles. The quantitative estimate of drug-likeness (QED) is 0.299. The number of carbonyl (C=O) groups is 1. The molecular weight excluding hydrogens is 408 g/mol. The first-order valence-electron chi connectivity index (χ1n) is 9.01. The smallest absolute Gasteiger partial charge is 0.355 e. The average Bonchev–Trinajstić information content (AvgIpc) is 3.14. The molecule has 0 bridgehead atoms. The Morgan fingerprint density at radius 1 is 1.17 bits per heavy atom. The van der Waals surface area contributed by atoms with Crippen LogP contribution < -0.4 is 10.3 Å². The Bertz CT molecular complexity index is 1450. The molecule has 0 atom stereocenters. The van der Waals surface area contributed by atoms with E-state index in [4.69, 9.17) is 9.15 Å². The van der Waals surface area contributed by atoms with Crippen molar-refractivity contribution in [3.63, 3.8) is 0 Å². The van der Waals surface area contributed by atoms with Gasteiger partial charge in [0.2, 0.25) is 10.0 Å². The highest BCUT2D eigenvalue weighted by Crippen LogP contribution is 2.28. The van der Waals surface area contributed by atoms with Gasteiger partial charge in [0.05, 0.1) is 0 Å². The van der Waals surface area contributed by atoms with Crippen LogP contribution in [0.15, 0.2) is 68.8 Å². The van der Waals surface area contributed by atoms with E-state index in [0.29, 0.717) is 16.5 Å². The zero-order valence-corrected chi connectivity index (χ0v) is 17.0. The summed E-state index contributed by atoms with van der Waals surface area (Å²) >= 11 is 0. The van der Waals surface area contributed by atoms with Crippen molar-refractivity contribution in [3.05, 3.63) is 76.4 Å². The van der Waals surface area contributed by atoms with Gasteiger partial charge in [0.1, 0.15) is 22.8 Å². The molecule has 0 spiro atoms. The van der Waals surface area contributed by atoms with E-state index >= 15 is 0 Å². The zero-order valence-electron chi connectivity index (χ0n) is 16.2. The maximum Gasteiger partial charge on any atom is 0.355 e. The summed E-state index contributed by atoms with van der Waals surface area (Å²) in [5.41, 5.74) is 0.420. The number of ether oxygens (including phenoxy) is 1. The highest BCUT2D eigenvalue weighted by atomic mass is 32.2.